The Bertz CT molecular complexity index is 764. The van der Waals surface area contributed by atoms with Crippen molar-refractivity contribution >= 4 is 22.4 Å². The molecule has 2 aromatic heterocycles. The Balaban J connectivity index is 1.58. The number of fused-ring (bicyclic) bond motifs is 1. The molecule has 7 nitrogen and oxygen atoms in total. The highest BCUT2D eigenvalue weighted by atomic mass is 32.1. The molecule has 1 aliphatic heterocycles. The monoisotopic (exact) mass is 362 g/mol. The number of aryl methyl sites for hydroxylation is 1. The summed E-state index contributed by atoms with van der Waals surface area (Å²) in [4.78, 5) is 17.9. The Morgan fingerprint density at radius 2 is 2.12 bits per heavy atom. The smallest absolute Gasteiger partial charge is 0.320 e. The quantitative estimate of drug-likeness (QED) is 0.870. The van der Waals surface area contributed by atoms with Crippen molar-refractivity contribution in [3.8, 4) is 11.5 Å². The van der Waals surface area contributed by atoms with Crippen molar-refractivity contribution in [2.75, 3.05) is 11.9 Å². The molecule has 2 aliphatic rings. The molecule has 0 radical (unpaired) electrons. The summed E-state index contributed by atoms with van der Waals surface area (Å²) in [6, 6.07) is 0.102. The average molecular weight is 362 g/mol. The zero-order valence-corrected chi connectivity index (χ0v) is 15.1. The van der Waals surface area contributed by atoms with Crippen molar-refractivity contribution in [3.63, 3.8) is 0 Å². The van der Waals surface area contributed by atoms with Gasteiger partial charge >= 0.3 is 6.03 Å². The van der Waals surface area contributed by atoms with Crippen molar-refractivity contribution in [1.29, 1.82) is 0 Å². The van der Waals surface area contributed by atoms with E-state index in [4.69, 9.17) is 9.26 Å². The standard InChI is InChI=1S/C17H22N4O3S/c1-10-18-15(24-21-10)14-12-7-8-23-9-13(12)25-16(14)20-17(22)19-11-5-3-2-4-6-11/h11H,2-9H2,1H3,(H2,19,20,22). The fraction of sp³-hybridized carbons (Fsp3) is 0.588. The third-order valence-electron chi connectivity index (χ3n) is 4.73. The first-order valence-electron chi connectivity index (χ1n) is 8.81. The number of carbonyl (C=O) groups excluding carboxylic acids is 1. The van der Waals surface area contributed by atoms with Crippen molar-refractivity contribution in [3.05, 3.63) is 16.3 Å². The van der Waals surface area contributed by atoms with Crippen LogP contribution in [0.15, 0.2) is 4.52 Å². The lowest BCUT2D eigenvalue weighted by Crippen LogP contribution is -2.38. The molecule has 2 amide bonds. The minimum Gasteiger partial charge on any atom is -0.376 e. The zero-order valence-electron chi connectivity index (χ0n) is 14.3. The van der Waals surface area contributed by atoms with Crippen LogP contribution in [0.5, 0.6) is 0 Å². The van der Waals surface area contributed by atoms with Crippen molar-refractivity contribution < 1.29 is 14.1 Å². The number of amides is 2. The van der Waals surface area contributed by atoms with Crippen LogP contribution < -0.4 is 10.6 Å². The summed E-state index contributed by atoms with van der Waals surface area (Å²) in [6.45, 7) is 3.02. The molecule has 0 aromatic carbocycles. The second-order valence-corrected chi connectivity index (χ2v) is 7.70. The molecular weight excluding hydrogens is 340 g/mol. The van der Waals surface area contributed by atoms with E-state index in [0.717, 1.165) is 40.3 Å². The lowest BCUT2D eigenvalue weighted by Gasteiger charge is -2.22. The topological polar surface area (TPSA) is 89.3 Å². The van der Waals surface area contributed by atoms with Gasteiger partial charge in [-0.25, -0.2) is 4.79 Å². The van der Waals surface area contributed by atoms with E-state index in [-0.39, 0.29) is 12.1 Å². The number of aromatic nitrogens is 2. The molecule has 134 valence electrons. The molecule has 25 heavy (non-hydrogen) atoms. The number of rotatable bonds is 3. The number of nitrogens with one attached hydrogen (secondary N) is 2. The molecule has 0 bridgehead atoms. The summed E-state index contributed by atoms with van der Waals surface area (Å²) in [6.07, 6.45) is 6.52. The summed E-state index contributed by atoms with van der Waals surface area (Å²) >= 11 is 1.53. The highest BCUT2D eigenvalue weighted by Crippen LogP contribution is 2.42. The summed E-state index contributed by atoms with van der Waals surface area (Å²) in [5.41, 5.74) is 2.00. The fourth-order valence-corrected chi connectivity index (χ4v) is 4.69. The minimum absolute atomic E-state index is 0.163. The van der Waals surface area contributed by atoms with Gasteiger partial charge in [-0.15, -0.1) is 11.3 Å². The van der Waals surface area contributed by atoms with E-state index in [2.05, 4.69) is 20.8 Å². The van der Waals surface area contributed by atoms with Gasteiger partial charge in [0.15, 0.2) is 5.82 Å². The first-order chi connectivity index (χ1) is 12.2. The predicted octanol–water partition coefficient (Wildman–Crippen LogP) is 3.63. The number of carbonyl (C=O) groups is 1. The minimum atomic E-state index is -0.163. The Labute approximate surface area is 150 Å². The van der Waals surface area contributed by atoms with Crippen LogP contribution >= 0.6 is 11.3 Å². The maximum atomic E-state index is 12.5. The molecule has 4 rings (SSSR count). The van der Waals surface area contributed by atoms with E-state index in [0.29, 0.717) is 24.9 Å². The van der Waals surface area contributed by atoms with Crippen molar-refractivity contribution in [2.45, 2.75) is 58.1 Å². The molecule has 1 saturated carbocycles. The lowest BCUT2D eigenvalue weighted by atomic mass is 9.96. The molecule has 0 unspecified atom stereocenters. The zero-order chi connectivity index (χ0) is 17.2. The van der Waals surface area contributed by atoms with E-state index in [9.17, 15) is 4.79 Å². The van der Waals surface area contributed by atoms with Gasteiger partial charge in [0.1, 0.15) is 5.00 Å². The Hall–Kier alpha value is -1.93. The largest absolute Gasteiger partial charge is 0.376 e. The number of ether oxygens (including phenoxy) is 1. The molecular formula is C17H22N4O3S. The van der Waals surface area contributed by atoms with E-state index < -0.39 is 0 Å². The first-order valence-corrected chi connectivity index (χ1v) is 9.63. The van der Waals surface area contributed by atoms with Crippen molar-refractivity contribution in [2.24, 2.45) is 0 Å². The third kappa shape index (κ3) is 3.55. The lowest BCUT2D eigenvalue weighted by molar-refractivity contribution is 0.113. The van der Waals surface area contributed by atoms with Crippen molar-refractivity contribution in [1.82, 2.24) is 15.5 Å². The molecule has 1 aliphatic carbocycles. The second-order valence-electron chi connectivity index (χ2n) is 6.59. The summed E-state index contributed by atoms with van der Waals surface area (Å²) in [5.74, 6) is 1.05. The SMILES string of the molecule is Cc1noc(-c2c(NC(=O)NC3CCCCC3)sc3c2CCOC3)n1. The van der Waals surface area contributed by atoms with Crippen LogP contribution in [-0.2, 0) is 17.8 Å². The van der Waals surface area contributed by atoms with Crippen LogP contribution in [0.2, 0.25) is 0 Å². The maximum absolute atomic E-state index is 12.5. The fourth-order valence-electron chi connectivity index (χ4n) is 3.52. The van der Waals surface area contributed by atoms with E-state index >= 15 is 0 Å². The van der Waals surface area contributed by atoms with Gasteiger partial charge in [-0.1, -0.05) is 24.4 Å². The normalized spacial score (nSPS) is 18.0. The number of nitrogens with zero attached hydrogens (tertiary/aromatic N) is 2. The van der Waals surface area contributed by atoms with Crippen LogP contribution in [-0.4, -0.2) is 28.8 Å². The van der Waals surface area contributed by atoms with Gasteiger partial charge in [-0.3, -0.25) is 5.32 Å². The maximum Gasteiger partial charge on any atom is 0.320 e. The van der Waals surface area contributed by atoms with Crippen LogP contribution in [0.25, 0.3) is 11.5 Å². The van der Waals surface area contributed by atoms with Crippen LogP contribution in [0.4, 0.5) is 9.80 Å². The summed E-state index contributed by atoms with van der Waals surface area (Å²) in [5, 5.41) is 10.7. The second kappa shape index (κ2) is 7.13. The van der Waals surface area contributed by atoms with E-state index in [1.165, 1.54) is 30.6 Å². The average Bonchev–Trinajstić information content (AvgIpc) is 3.18. The molecule has 3 heterocycles. The van der Waals surface area contributed by atoms with Gasteiger partial charge in [-0.2, -0.15) is 4.98 Å². The predicted molar refractivity (Wildman–Crippen MR) is 94.7 cm³/mol. The molecule has 8 heteroatoms. The molecule has 0 atom stereocenters. The van der Waals surface area contributed by atoms with Gasteiger partial charge in [0.25, 0.3) is 5.89 Å². The number of thiophene rings is 1. The molecule has 2 N–H and O–H groups in total. The molecule has 1 fully saturated rings. The third-order valence-corrected chi connectivity index (χ3v) is 5.85. The number of urea groups is 1. The Morgan fingerprint density at radius 3 is 2.88 bits per heavy atom. The molecule has 2 aromatic rings. The highest BCUT2D eigenvalue weighted by molar-refractivity contribution is 7.17. The Kier molecular flexibility index (Phi) is 4.72. The van der Waals surface area contributed by atoms with E-state index in [1.54, 1.807) is 6.92 Å². The highest BCUT2D eigenvalue weighted by Gasteiger charge is 2.27. The van der Waals surface area contributed by atoms with Gasteiger partial charge in [0.2, 0.25) is 0 Å². The summed E-state index contributed by atoms with van der Waals surface area (Å²) < 4.78 is 10.9. The number of hydrogen-bond donors (Lipinski definition) is 2. The first kappa shape index (κ1) is 16.5. The number of hydrogen-bond acceptors (Lipinski definition) is 6. The number of anilines is 1. The molecule has 0 spiro atoms. The van der Waals surface area contributed by atoms with E-state index in [1.807, 2.05) is 0 Å². The van der Waals surface area contributed by atoms with Gasteiger partial charge in [-0.05, 0) is 31.7 Å². The van der Waals surface area contributed by atoms with Gasteiger partial charge < -0.3 is 14.6 Å². The van der Waals surface area contributed by atoms with Gasteiger partial charge in [0, 0.05) is 10.9 Å². The Morgan fingerprint density at radius 1 is 1.28 bits per heavy atom. The van der Waals surface area contributed by atoms with Crippen LogP contribution in [0, 0.1) is 6.92 Å². The van der Waals surface area contributed by atoms with Crippen LogP contribution in [0.3, 0.4) is 0 Å². The molecule has 0 saturated heterocycles. The van der Waals surface area contributed by atoms with Crippen LogP contribution in [0.1, 0.15) is 48.4 Å². The van der Waals surface area contributed by atoms with Gasteiger partial charge in [0.05, 0.1) is 18.8 Å². The summed E-state index contributed by atoms with van der Waals surface area (Å²) in [7, 11) is 0.